The highest BCUT2D eigenvalue weighted by atomic mass is 19.4. The number of anilines is 2. The van der Waals surface area contributed by atoms with Crippen molar-refractivity contribution in [2.75, 3.05) is 17.7 Å². The molecular formula is C10H13F3N2O. The highest BCUT2D eigenvalue weighted by molar-refractivity contribution is 5.59. The van der Waals surface area contributed by atoms with Crippen LogP contribution in [-0.2, 0) is 6.18 Å². The summed E-state index contributed by atoms with van der Waals surface area (Å²) < 4.78 is 37.9. The Bertz CT molecular complexity index is 366. The number of benzene rings is 1. The van der Waals surface area contributed by atoms with Crippen LogP contribution in [0.1, 0.15) is 12.5 Å². The minimum Gasteiger partial charge on any atom is -0.399 e. The molecule has 0 bridgehead atoms. The maximum atomic E-state index is 12.6. The average molecular weight is 234 g/mol. The van der Waals surface area contributed by atoms with E-state index < -0.39 is 17.8 Å². The van der Waals surface area contributed by atoms with Crippen molar-refractivity contribution in [2.24, 2.45) is 0 Å². The Labute approximate surface area is 91.1 Å². The lowest BCUT2D eigenvalue weighted by atomic mass is 10.1. The van der Waals surface area contributed by atoms with Crippen molar-refractivity contribution in [1.82, 2.24) is 0 Å². The molecule has 4 N–H and O–H groups in total. The van der Waals surface area contributed by atoms with Crippen molar-refractivity contribution in [3.8, 4) is 0 Å². The van der Waals surface area contributed by atoms with Gasteiger partial charge in [0.1, 0.15) is 0 Å². The maximum absolute atomic E-state index is 12.6. The highest BCUT2D eigenvalue weighted by Gasteiger charge is 2.33. The molecule has 1 atom stereocenters. The Morgan fingerprint density at radius 2 is 2.06 bits per heavy atom. The number of aliphatic hydroxyl groups is 1. The lowest BCUT2D eigenvalue weighted by Crippen LogP contribution is -2.22. The zero-order valence-electron chi connectivity index (χ0n) is 8.67. The molecule has 3 nitrogen and oxygen atoms in total. The number of aliphatic hydroxyl groups excluding tert-OH is 1. The van der Waals surface area contributed by atoms with E-state index in [-0.39, 0.29) is 18.0 Å². The Morgan fingerprint density at radius 1 is 1.44 bits per heavy atom. The standard InChI is InChI=1S/C10H13F3N2O/c1-6(5-16)15-9-3-2-7(14)4-8(9)10(11,12)13/h2-4,6,15-16H,5,14H2,1H3. The molecule has 0 spiro atoms. The van der Waals surface area contributed by atoms with Crippen LogP contribution < -0.4 is 11.1 Å². The summed E-state index contributed by atoms with van der Waals surface area (Å²) in [7, 11) is 0. The predicted octanol–water partition coefficient (Wildman–Crippen LogP) is 2.08. The number of nitrogen functional groups attached to an aromatic ring is 1. The molecule has 0 heterocycles. The number of hydrogen-bond acceptors (Lipinski definition) is 3. The molecule has 0 saturated carbocycles. The van der Waals surface area contributed by atoms with Crippen LogP contribution in [-0.4, -0.2) is 17.8 Å². The van der Waals surface area contributed by atoms with Gasteiger partial charge in [-0.25, -0.2) is 0 Å². The Morgan fingerprint density at radius 3 is 2.56 bits per heavy atom. The second-order valence-electron chi connectivity index (χ2n) is 3.53. The van der Waals surface area contributed by atoms with Gasteiger partial charge in [0.25, 0.3) is 0 Å². The number of hydrogen-bond donors (Lipinski definition) is 3. The summed E-state index contributed by atoms with van der Waals surface area (Å²) in [6.07, 6.45) is -4.47. The van der Waals surface area contributed by atoms with E-state index >= 15 is 0 Å². The lowest BCUT2D eigenvalue weighted by Gasteiger charge is -2.18. The monoisotopic (exact) mass is 234 g/mol. The van der Waals surface area contributed by atoms with Gasteiger partial charge < -0.3 is 16.2 Å². The highest BCUT2D eigenvalue weighted by Crippen LogP contribution is 2.36. The molecule has 90 valence electrons. The van der Waals surface area contributed by atoms with E-state index in [2.05, 4.69) is 5.32 Å². The van der Waals surface area contributed by atoms with Crippen molar-refractivity contribution in [2.45, 2.75) is 19.1 Å². The largest absolute Gasteiger partial charge is 0.418 e. The first-order chi connectivity index (χ1) is 7.34. The molecule has 0 fully saturated rings. The van der Waals surface area contributed by atoms with E-state index in [4.69, 9.17) is 10.8 Å². The minimum atomic E-state index is -4.47. The topological polar surface area (TPSA) is 58.3 Å². The van der Waals surface area contributed by atoms with Gasteiger partial charge in [0.2, 0.25) is 0 Å². The fourth-order valence-corrected chi connectivity index (χ4v) is 1.23. The van der Waals surface area contributed by atoms with Crippen LogP contribution in [0.15, 0.2) is 18.2 Å². The summed E-state index contributed by atoms with van der Waals surface area (Å²) in [5, 5.41) is 11.3. The second-order valence-corrected chi connectivity index (χ2v) is 3.53. The quantitative estimate of drug-likeness (QED) is 0.702. The van der Waals surface area contributed by atoms with E-state index in [0.717, 1.165) is 6.07 Å². The third-order valence-corrected chi connectivity index (χ3v) is 2.02. The summed E-state index contributed by atoms with van der Waals surface area (Å²) >= 11 is 0. The number of nitrogens with one attached hydrogen (secondary N) is 1. The molecule has 1 unspecified atom stereocenters. The molecule has 6 heteroatoms. The van der Waals surface area contributed by atoms with Crippen LogP contribution in [0, 0.1) is 0 Å². The van der Waals surface area contributed by atoms with Gasteiger partial charge in [0, 0.05) is 17.4 Å². The lowest BCUT2D eigenvalue weighted by molar-refractivity contribution is -0.136. The zero-order chi connectivity index (χ0) is 12.3. The van der Waals surface area contributed by atoms with Crippen molar-refractivity contribution in [3.05, 3.63) is 23.8 Å². The second kappa shape index (κ2) is 4.61. The summed E-state index contributed by atoms with van der Waals surface area (Å²) in [6.45, 7) is 1.33. The Kier molecular flexibility index (Phi) is 3.64. The van der Waals surface area contributed by atoms with Crippen LogP contribution in [0.2, 0.25) is 0 Å². The number of halogens is 3. The van der Waals surface area contributed by atoms with Gasteiger partial charge in [-0.05, 0) is 25.1 Å². The van der Waals surface area contributed by atoms with Gasteiger partial charge in [-0.1, -0.05) is 0 Å². The number of rotatable bonds is 3. The Balaban J connectivity index is 3.08. The van der Waals surface area contributed by atoms with E-state index in [1.54, 1.807) is 6.92 Å². The van der Waals surface area contributed by atoms with Gasteiger partial charge in [-0.2, -0.15) is 13.2 Å². The molecule has 0 aliphatic carbocycles. The molecule has 1 aromatic carbocycles. The fourth-order valence-electron chi connectivity index (χ4n) is 1.23. The molecule has 0 saturated heterocycles. The van der Waals surface area contributed by atoms with Gasteiger partial charge in [-0.3, -0.25) is 0 Å². The normalized spacial score (nSPS) is 13.6. The van der Waals surface area contributed by atoms with Crippen LogP contribution in [0.25, 0.3) is 0 Å². The van der Waals surface area contributed by atoms with Gasteiger partial charge in [0.15, 0.2) is 0 Å². The van der Waals surface area contributed by atoms with Gasteiger partial charge in [0.05, 0.1) is 12.2 Å². The maximum Gasteiger partial charge on any atom is 0.418 e. The smallest absolute Gasteiger partial charge is 0.399 e. The van der Waals surface area contributed by atoms with E-state index in [9.17, 15) is 13.2 Å². The van der Waals surface area contributed by atoms with Crippen molar-refractivity contribution in [1.29, 1.82) is 0 Å². The predicted molar refractivity (Wildman–Crippen MR) is 56.0 cm³/mol. The summed E-state index contributed by atoms with van der Waals surface area (Å²) in [6, 6.07) is 3.04. The first-order valence-corrected chi connectivity index (χ1v) is 4.68. The van der Waals surface area contributed by atoms with Crippen molar-refractivity contribution in [3.63, 3.8) is 0 Å². The number of nitrogens with two attached hydrogens (primary N) is 1. The molecule has 1 aromatic rings. The van der Waals surface area contributed by atoms with Crippen LogP contribution >= 0.6 is 0 Å². The molecule has 1 rings (SSSR count). The fraction of sp³-hybridized carbons (Fsp3) is 0.400. The van der Waals surface area contributed by atoms with Gasteiger partial charge >= 0.3 is 6.18 Å². The van der Waals surface area contributed by atoms with Crippen LogP contribution in [0.4, 0.5) is 24.5 Å². The summed E-state index contributed by atoms with van der Waals surface area (Å²) in [5.41, 5.74) is 4.45. The minimum absolute atomic E-state index is 0.0505. The SMILES string of the molecule is CC(CO)Nc1ccc(N)cc1C(F)(F)F. The summed E-state index contributed by atoms with van der Waals surface area (Å²) in [4.78, 5) is 0. The molecule has 0 amide bonds. The third-order valence-electron chi connectivity index (χ3n) is 2.02. The summed E-state index contributed by atoms with van der Waals surface area (Å²) in [5.74, 6) is 0. The first-order valence-electron chi connectivity index (χ1n) is 4.68. The third kappa shape index (κ3) is 3.03. The first kappa shape index (κ1) is 12.6. The molecule has 0 aromatic heterocycles. The van der Waals surface area contributed by atoms with Crippen LogP contribution in [0.5, 0.6) is 0 Å². The molecule has 16 heavy (non-hydrogen) atoms. The zero-order valence-corrected chi connectivity index (χ0v) is 8.67. The average Bonchev–Trinajstić information content (AvgIpc) is 2.19. The van der Waals surface area contributed by atoms with E-state index in [0.29, 0.717) is 0 Å². The van der Waals surface area contributed by atoms with E-state index in [1.807, 2.05) is 0 Å². The van der Waals surface area contributed by atoms with Crippen LogP contribution in [0.3, 0.4) is 0 Å². The van der Waals surface area contributed by atoms with Crippen molar-refractivity contribution >= 4 is 11.4 Å². The molecule has 0 radical (unpaired) electrons. The Hall–Kier alpha value is -1.43. The molecular weight excluding hydrogens is 221 g/mol. The molecule has 0 aliphatic rings. The van der Waals surface area contributed by atoms with Crippen molar-refractivity contribution < 1.29 is 18.3 Å². The van der Waals surface area contributed by atoms with Gasteiger partial charge in [-0.15, -0.1) is 0 Å². The number of alkyl halides is 3. The molecule has 0 aliphatic heterocycles. The van der Waals surface area contributed by atoms with E-state index in [1.165, 1.54) is 12.1 Å².